The summed E-state index contributed by atoms with van der Waals surface area (Å²) in [6, 6.07) is 23.1. The van der Waals surface area contributed by atoms with E-state index in [9.17, 15) is 9.18 Å². The molecule has 1 aromatic heterocycles. The second-order valence-electron chi connectivity index (χ2n) is 7.91. The normalized spacial score (nSPS) is 13.9. The van der Waals surface area contributed by atoms with E-state index in [-0.39, 0.29) is 11.6 Å². The fraction of sp³-hybridized carbons (Fsp3) is 0.259. The third kappa shape index (κ3) is 6.05. The minimum Gasteiger partial charge on any atom is -0.377 e. The van der Waals surface area contributed by atoms with Gasteiger partial charge < -0.3 is 10.2 Å². The van der Waals surface area contributed by atoms with Crippen LogP contribution in [0, 0.1) is 5.82 Å². The zero-order chi connectivity index (χ0) is 23.8. The molecule has 2 heterocycles. The molecule has 0 saturated carbocycles. The lowest BCUT2D eigenvalue weighted by Gasteiger charge is -2.26. The molecule has 172 valence electrons. The summed E-state index contributed by atoms with van der Waals surface area (Å²) < 4.78 is 13.7. The molecule has 2 N–H and O–H groups in total. The van der Waals surface area contributed by atoms with E-state index in [0.29, 0.717) is 22.9 Å². The molecule has 33 heavy (non-hydrogen) atoms. The highest BCUT2D eigenvalue weighted by Gasteiger charge is 2.24. The molecule has 0 radical (unpaired) electrons. The molecule has 1 atom stereocenters. The van der Waals surface area contributed by atoms with Gasteiger partial charge in [-0.3, -0.25) is 4.79 Å². The third-order valence-electron chi connectivity index (χ3n) is 5.20. The summed E-state index contributed by atoms with van der Waals surface area (Å²) in [5.41, 5.74) is 3.52. The van der Waals surface area contributed by atoms with Gasteiger partial charge in [-0.05, 0) is 37.4 Å². The number of H-pyrrole nitrogens is 1. The minimum absolute atomic E-state index is 0.0158. The highest BCUT2D eigenvalue weighted by atomic mass is 19.1. The van der Waals surface area contributed by atoms with Crippen molar-refractivity contribution in [2.24, 2.45) is 0 Å². The number of hydrogen-bond acceptors (Lipinski definition) is 4. The van der Waals surface area contributed by atoms with E-state index >= 15 is 0 Å². The first kappa shape index (κ1) is 24.1. The quantitative estimate of drug-likeness (QED) is 0.433. The first-order valence-corrected chi connectivity index (χ1v) is 11.2. The number of halogens is 1. The van der Waals surface area contributed by atoms with Gasteiger partial charge in [-0.1, -0.05) is 74.5 Å². The van der Waals surface area contributed by atoms with Crippen LogP contribution in [0.5, 0.6) is 0 Å². The van der Waals surface area contributed by atoms with Crippen LogP contribution < -0.4 is 10.9 Å². The van der Waals surface area contributed by atoms with Crippen LogP contribution in [0.3, 0.4) is 0 Å². The highest BCUT2D eigenvalue weighted by Crippen LogP contribution is 2.35. The summed E-state index contributed by atoms with van der Waals surface area (Å²) in [7, 11) is 4.15. The molecule has 0 amide bonds. The average molecular weight is 447 g/mol. The number of nitrogens with zero attached hydrogens (tertiary/aromatic N) is 2. The molecule has 4 aromatic rings. The van der Waals surface area contributed by atoms with Crippen LogP contribution >= 0.6 is 0 Å². The Morgan fingerprint density at radius 1 is 1.00 bits per heavy atom. The molecule has 0 fully saturated rings. The van der Waals surface area contributed by atoms with Gasteiger partial charge >= 0.3 is 0 Å². The zero-order valence-corrected chi connectivity index (χ0v) is 19.6. The van der Waals surface area contributed by atoms with E-state index in [1.165, 1.54) is 17.7 Å². The van der Waals surface area contributed by atoms with Crippen molar-refractivity contribution in [3.05, 3.63) is 106 Å². The van der Waals surface area contributed by atoms with E-state index in [0.717, 1.165) is 17.8 Å². The lowest BCUT2D eigenvalue weighted by atomic mass is 9.94. The van der Waals surface area contributed by atoms with Crippen molar-refractivity contribution in [3.8, 4) is 0 Å². The minimum atomic E-state index is -0.429. The maximum atomic E-state index is 13.7. The Kier molecular flexibility index (Phi) is 8.33. The lowest BCUT2D eigenvalue weighted by molar-refractivity contribution is 0.402. The Morgan fingerprint density at radius 3 is 2.27 bits per heavy atom. The van der Waals surface area contributed by atoms with E-state index in [2.05, 4.69) is 58.8 Å². The van der Waals surface area contributed by atoms with Crippen LogP contribution in [0.25, 0.3) is 10.8 Å². The number of benzene rings is 3. The summed E-state index contributed by atoms with van der Waals surface area (Å²) in [5.74, 6) is -0.429. The molecule has 6 heteroatoms. The van der Waals surface area contributed by atoms with Crippen molar-refractivity contribution >= 4 is 16.5 Å². The van der Waals surface area contributed by atoms with Crippen LogP contribution in [0.15, 0.2) is 77.6 Å². The second-order valence-corrected chi connectivity index (χ2v) is 7.91. The SMILES string of the molecule is CC.CN(C)Cc1ccccc1.O=c1[nH]nc2c3c(cc(F)cc13)NC(c1ccccc1)C2. The standard InChI is InChI=1S/C16H12FN3O.C9H13N.C2H6/c17-10-6-11-15-13(7-10)18-12(9-4-2-1-3-5-9)8-14(15)19-20-16(11)21;1-10(2)8-9-6-4-3-5-7-9;1-2/h1-7,12,18H,8H2,(H,20,21);3-7H,8H2,1-2H3;1-2H3. The Balaban J connectivity index is 0.000000216. The maximum Gasteiger partial charge on any atom is 0.272 e. The van der Waals surface area contributed by atoms with Crippen molar-refractivity contribution in [3.63, 3.8) is 0 Å². The van der Waals surface area contributed by atoms with Crippen molar-refractivity contribution < 1.29 is 4.39 Å². The summed E-state index contributed by atoms with van der Waals surface area (Å²) in [6.45, 7) is 5.03. The van der Waals surface area contributed by atoms with Crippen molar-refractivity contribution in [1.82, 2.24) is 15.1 Å². The van der Waals surface area contributed by atoms with Crippen molar-refractivity contribution in [1.29, 1.82) is 0 Å². The molecule has 1 aliphatic rings. The molecular formula is C27H31FN4O. The van der Waals surface area contributed by atoms with Crippen LogP contribution in [0.4, 0.5) is 10.1 Å². The Hall–Kier alpha value is -3.51. The Labute approximate surface area is 194 Å². The average Bonchev–Trinajstić information content (AvgIpc) is 2.83. The third-order valence-corrected chi connectivity index (χ3v) is 5.20. The number of hydrogen-bond donors (Lipinski definition) is 2. The first-order chi connectivity index (χ1) is 16.0. The molecule has 5 rings (SSSR count). The number of rotatable bonds is 3. The monoisotopic (exact) mass is 446 g/mol. The van der Waals surface area contributed by atoms with E-state index in [1.807, 2.05) is 50.2 Å². The first-order valence-electron chi connectivity index (χ1n) is 11.2. The van der Waals surface area contributed by atoms with Gasteiger partial charge in [-0.25, -0.2) is 9.49 Å². The van der Waals surface area contributed by atoms with Gasteiger partial charge in [0.25, 0.3) is 5.56 Å². The molecule has 0 aliphatic carbocycles. The van der Waals surface area contributed by atoms with Gasteiger partial charge in [0.05, 0.1) is 17.1 Å². The molecule has 0 spiro atoms. The predicted molar refractivity (Wildman–Crippen MR) is 134 cm³/mol. The topological polar surface area (TPSA) is 61.0 Å². The fourth-order valence-electron chi connectivity index (χ4n) is 3.86. The van der Waals surface area contributed by atoms with Crippen molar-refractivity contribution in [2.75, 3.05) is 19.4 Å². The molecule has 0 bridgehead atoms. The smallest absolute Gasteiger partial charge is 0.272 e. The summed E-state index contributed by atoms with van der Waals surface area (Å²) in [5, 5.41) is 11.0. The number of aromatic amines is 1. The predicted octanol–water partition coefficient (Wildman–Crippen LogP) is 5.55. The molecule has 1 unspecified atom stereocenters. The van der Waals surface area contributed by atoms with Crippen LogP contribution in [0.1, 0.15) is 36.7 Å². The maximum absolute atomic E-state index is 13.7. The number of anilines is 1. The fourth-order valence-corrected chi connectivity index (χ4v) is 3.86. The van der Waals surface area contributed by atoms with Gasteiger partial charge in [0.2, 0.25) is 0 Å². The van der Waals surface area contributed by atoms with E-state index in [4.69, 9.17) is 0 Å². The van der Waals surface area contributed by atoms with Crippen molar-refractivity contribution in [2.45, 2.75) is 32.9 Å². The Morgan fingerprint density at radius 2 is 1.64 bits per heavy atom. The Bertz CT molecular complexity index is 1220. The zero-order valence-electron chi connectivity index (χ0n) is 19.6. The largest absolute Gasteiger partial charge is 0.377 e. The molecule has 0 saturated heterocycles. The second kappa shape index (κ2) is 11.4. The van der Waals surface area contributed by atoms with Crippen LogP contribution in [0.2, 0.25) is 0 Å². The lowest BCUT2D eigenvalue weighted by Crippen LogP contribution is -2.23. The molecule has 1 aliphatic heterocycles. The number of aromatic nitrogens is 2. The summed E-state index contributed by atoms with van der Waals surface area (Å²) in [4.78, 5) is 14.0. The van der Waals surface area contributed by atoms with Crippen LogP contribution in [-0.4, -0.2) is 29.2 Å². The summed E-state index contributed by atoms with van der Waals surface area (Å²) in [6.07, 6.45) is 0.649. The van der Waals surface area contributed by atoms with Gasteiger partial charge in [0.1, 0.15) is 5.82 Å². The molecular weight excluding hydrogens is 415 g/mol. The van der Waals surface area contributed by atoms with E-state index in [1.54, 1.807) is 0 Å². The van der Waals surface area contributed by atoms with Crippen LogP contribution in [-0.2, 0) is 13.0 Å². The molecule has 5 nitrogen and oxygen atoms in total. The van der Waals surface area contributed by atoms with E-state index < -0.39 is 5.82 Å². The van der Waals surface area contributed by atoms with Gasteiger partial charge in [0.15, 0.2) is 0 Å². The van der Waals surface area contributed by atoms with Gasteiger partial charge in [-0.2, -0.15) is 5.10 Å². The van der Waals surface area contributed by atoms with Gasteiger partial charge in [-0.15, -0.1) is 0 Å². The summed E-state index contributed by atoms with van der Waals surface area (Å²) >= 11 is 0. The molecule has 3 aromatic carbocycles. The van der Waals surface area contributed by atoms with Gasteiger partial charge in [0, 0.05) is 24.0 Å². The highest BCUT2D eigenvalue weighted by molar-refractivity contribution is 5.96. The number of nitrogens with one attached hydrogen (secondary N) is 2.